The molecule has 0 saturated heterocycles. The molecule has 9 heteroatoms. The number of ether oxygens (including phenoxy) is 2. The molecule has 186 valence electrons. The predicted molar refractivity (Wildman–Crippen MR) is 142 cm³/mol. The Labute approximate surface area is 218 Å². The van der Waals surface area contributed by atoms with E-state index in [9.17, 15) is 9.59 Å². The van der Waals surface area contributed by atoms with Gasteiger partial charge in [-0.25, -0.2) is 4.98 Å². The van der Waals surface area contributed by atoms with Crippen molar-refractivity contribution >= 4 is 29.1 Å². The molecular weight excluding hydrogens is 488 g/mol. The number of benzene rings is 3. The second-order valence-corrected chi connectivity index (χ2v) is 9.78. The first-order valence-corrected chi connectivity index (χ1v) is 12.5. The molecule has 1 atom stereocenters. The Morgan fingerprint density at radius 3 is 2.14 bits per heavy atom. The maximum absolute atomic E-state index is 13.2. The summed E-state index contributed by atoms with van der Waals surface area (Å²) in [6, 6.07) is 20.4. The molecule has 8 nitrogen and oxygen atoms in total. The number of aromatic nitrogens is 3. The number of hydrogen-bond acceptors (Lipinski definition) is 8. The van der Waals surface area contributed by atoms with Crippen LogP contribution < -0.4 is 14.8 Å². The van der Waals surface area contributed by atoms with E-state index >= 15 is 0 Å². The maximum Gasteiger partial charge on any atom is 0.228 e. The van der Waals surface area contributed by atoms with Crippen LogP contribution in [0.1, 0.15) is 22.8 Å². The minimum atomic E-state index is -0.458. The van der Waals surface area contributed by atoms with Gasteiger partial charge in [0.05, 0.1) is 25.9 Å². The van der Waals surface area contributed by atoms with Crippen LogP contribution in [0.25, 0.3) is 22.5 Å². The molecule has 1 aliphatic heterocycles. The van der Waals surface area contributed by atoms with Crippen molar-refractivity contribution in [2.75, 3.05) is 19.5 Å². The number of carbonyl (C=O) groups excluding carboxylic acids is 2. The molecule has 0 bridgehead atoms. The van der Waals surface area contributed by atoms with E-state index in [-0.39, 0.29) is 18.1 Å². The minimum absolute atomic E-state index is 0.0653. The van der Waals surface area contributed by atoms with Crippen molar-refractivity contribution in [3.05, 3.63) is 77.9 Å². The number of Topliss-reactive ketones (excluding diaryl/α,β-unsaturated/α-hetero) is 1. The van der Waals surface area contributed by atoms with E-state index in [1.807, 2.05) is 55.5 Å². The lowest BCUT2D eigenvalue weighted by atomic mass is 10.0. The highest BCUT2D eigenvalue weighted by molar-refractivity contribution is 8.00. The van der Waals surface area contributed by atoms with Crippen LogP contribution in [0.5, 0.6) is 11.5 Å². The summed E-state index contributed by atoms with van der Waals surface area (Å²) in [5, 5.41) is 11.6. The summed E-state index contributed by atoms with van der Waals surface area (Å²) in [4.78, 5) is 29.7. The Hall–Kier alpha value is -4.24. The highest BCUT2D eigenvalue weighted by atomic mass is 32.2. The summed E-state index contributed by atoms with van der Waals surface area (Å²) < 4.78 is 10.6. The first-order chi connectivity index (χ1) is 17.9. The lowest BCUT2D eigenvalue weighted by Gasteiger charge is -2.13. The fraction of sp³-hybridized carbons (Fsp3) is 0.179. The summed E-state index contributed by atoms with van der Waals surface area (Å²) in [5.74, 6) is 1.34. The molecule has 4 aromatic rings. The van der Waals surface area contributed by atoms with Gasteiger partial charge in [0.15, 0.2) is 5.78 Å². The van der Waals surface area contributed by atoms with E-state index in [0.717, 1.165) is 33.9 Å². The third-order valence-corrected chi connectivity index (χ3v) is 7.01. The van der Waals surface area contributed by atoms with Gasteiger partial charge in [-0.3, -0.25) is 9.59 Å². The monoisotopic (exact) mass is 512 g/mol. The summed E-state index contributed by atoms with van der Waals surface area (Å²) in [5.41, 5.74) is 5.09. The van der Waals surface area contributed by atoms with E-state index in [1.54, 1.807) is 32.4 Å². The van der Waals surface area contributed by atoms with Gasteiger partial charge in [0, 0.05) is 22.4 Å². The van der Waals surface area contributed by atoms with Gasteiger partial charge in [0.2, 0.25) is 11.1 Å². The number of methoxy groups -OCH3 is 2. The van der Waals surface area contributed by atoms with Crippen molar-refractivity contribution in [2.45, 2.75) is 23.8 Å². The van der Waals surface area contributed by atoms with Gasteiger partial charge in [-0.2, -0.15) is 0 Å². The molecule has 1 aromatic heterocycles. The zero-order valence-corrected chi connectivity index (χ0v) is 21.3. The van der Waals surface area contributed by atoms with Crippen molar-refractivity contribution in [2.24, 2.45) is 0 Å². The Kier molecular flexibility index (Phi) is 6.87. The average molecular weight is 513 g/mol. The molecule has 0 spiro atoms. The number of ketones is 1. The van der Waals surface area contributed by atoms with Crippen LogP contribution in [0.15, 0.2) is 71.9 Å². The van der Waals surface area contributed by atoms with E-state index in [1.165, 1.54) is 11.8 Å². The molecular formula is C28H24N4O4S. The van der Waals surface area contributed by atoms with Crippen LogP contribution >= 0.6 is 11.8 Å². The van der Waals surface area contributed by atoms with Crippen LogP contribution in [0.3, 0.4) is 0 Å². The van der Waals surface area contributed by atoms with Gasteiger partial charge in [0.25, 0.3) is 0 Å². The van der Waals surface area contributed by atoms with E-state index in [4.69, 9.17) is 14.5 Å². The molecule has 1 amide bonds. The quantitative estimate of drug-likeness (QED) is 0.258. The number of nitrogens with one attached hydrogen (secondary N) is 1. The minimum Gasteiger partial charge on any atom is -0.497 e. The number of anilines is 1. The number of carbonyl (C=O) groups is 2. The second-order valence-electron chi connectivity index (χ2n) is 8.47. The smallest absolute Gasteiger partial charge is 0.228 e. The van der Waals surface area contributed by atoms with E-state index in [2.05, 4.69) is 15.5 Å². The summed E-state index contributed by atoms with van der Waals surface area (Å²) in [6.45, 7) is 1.82. The van der Waals surface area contributed by atoms with E-state index < -0.39 is 5.25 Å². The lowest BCUT2D eigenvalue weighted by molar-refractivity contribution is -0.115. The Bertz CT molecular complexity index is 1470. The number of hydrogen-bond donors (Lipinski definition) is 1. The number of nitrogens with zero attached hydrogens (tertiary/aromatic N) is 3. The molecule has 0 radical (unpaired) electrons. The molecule has 0 fully saturated rings. The summed E-state index contributed by atoms with van der Waals surface area (Å²) in [6.07, 6.45) is 0.281. The van der Waals surface area contributed by atoms with Gasteiger partial charge < -0.3 is 14.8 Å². The van der Waals surface area contributed by atoms with Gasteiger partial charge in [-0.1, -0.05) is 11.8 Å². The zero-order chi connectivity index (χ0) is 25.9. The molecule has 1 unspecified atom stereocenters. The number of rotatable bonds is 8. The molecule has 0 aliphatic carbocycles. The Balaban J connectivity index is 1.45. The van der Waals surface area contributed by atoms with Gasteiger partial charge in [0.1, 0.15) is 22.9 Å². The van der Waals surface area contributed by atoms with Crippen molar-refractivity contribution < 1.29 is 19.1 Å². The van der Waals surface area contributed by atoms with Crippen LogP contribution in [0.4, 0.5) is 5.69 Å². The Morgan fingerprint density at radius 2 is 1.51 bits per heavy atom. The Morgan fingerprint density at radius 1 is 0.892 bits per heavy atom. The largest absolute Gasteiger partial charge is 0.497 e. The van der Waals surface area contributed by atoms with Crippen molar-refractivity contribution in [1.29, 1.82) is 0 Å². The van der Waals surface area contributed by atoms with Crippen LogP contribution in [0.2, 0.25) is 0 Å². The third kappa shape index (κ3) is 5.17. The first-order valence-electron chi connectivity index (χ1n) is 11.6. The highest BCUT2D eigenvalue weighted by Gasteiger charge is 2.23. The van der Waals surface area contributed by atoms with Crippen molar-refractivity contribution in [3.63, 3.8) is 0 Å². The zero-order valence-electron chi connectivity index (χ0n) is 20.5. The molecule has 2 heterocycles. The number of fused-ring (bicyclic) bond motifs is 1. The lowest BCUT2D eigenvalue weighted by Crippen LogP contribution is -2.14. The molecule has 1 N–H and O–H groups in total. The van der Waals surface area contributed by atoms with Gasteiger partial charge in [-0.15, -0.1) is 10.2 Å². The first kappa shape index (κ1) is 24.5. The van der Waals surface area contributed by atoms with Crippen molar-refractivity contribution in [1.82, 2.24) is 15.2 Å². The maximum atomic E-state index is 13.2. The fourth-order valence-electron chi connectivity index (χ4n) is 4.08. The topological polar surface area (TPSA) is 103 Å². The van der Waals surface area contributed by atoms with Crippen LogP contribution in [0, 0.1) is 0 Å². The molecule has 3 aromatic carbocycles. The van der Waals surface area contributed by atoms with Gasteiger partial charge in [-0.05, 0) is 79.2 Å². The fourth-order valence-corrected chi connectivity index (χ4v) is 4.87. The number of amides is 1. The highest BCUT2D eigenvalue weighted by Crippen LogP contribution is 2.33. The van der Waals surface area contributed by atoms with Crippen LogP contribution in [-0.4, -0.2) is 46.3 Å². The third-order valence-electron chi connectivity index (χ3n) is 6.06. The summed E-state index contributed by atoms with van der Waals surface area (Å²) in [7, 11) is 3.24. The molecule has 37 heavy (non-hydrogen) atoms. The van der Waals surface area contributed by atoms with E-state index in [0.29, 0.717) is 22.1 Å². The number of thioether (sulfide) groups is 1. The van der Waals surface area contributed by atoms with Crippen molar-refractivity contribution in [3.8, 4) is 34.0 Å². The molecule has 1 aliphatic rings. The second kappa shape index (κ2) is 10.4. The standard InChI is InChI=1S/C28H24N4O4S/c1-16(27(34)19-8-13-23-20(14-19)15-24(33)29-23)37-28-30-25(17-4-9-21(35-2)10-5-17)26(31-32-28)18-6-11-22(36-3)12-7-18/h4-14,16H,15H2,1-3H3,(H,29,33). The summed E-state index contributed by atoms with van der Waals surface area (Å²) >= 11 is 1.25. The van der Waals surface area contributed by atoms with Crippen LogP contribution in [-0.2, 0) is 11.2 Å². The average Bonchev–Trinajstić information content (AvgIpc) is 3.32. The normalized spacial score (nSPS) is 13.0. The molecule has 5 rings (SSSR count). The molecule has 0 saturated carbocycles. The SMILES string of the molecule is COc1ccc(-c2nnc(SC(C)C(=O)c3ccc4c(c3)CC(=O)N4)nc2-c2ccc(OC)cc2)cc1. The predicted octanol–water partition coefficient (Wildman–Crippen LogP) is 5.08. The van der Waals surface area contributed by atoms with Gasteiger partial charge >= 0.3 is 0 Å².